The molecule has 0 radical (unpaired) electrons. The molecule has 0 saturated heterocycles. The maximum Gasteiger partial charge on any atom is 0.270 e. The van der Waals surface area contributed by atoms with E-state index in [1.807, 2.05) is 30.3 Å². The second-order valence-corrected chi connectivity index (χ2v) is 7.61. The Hall–Kier alpha value is -4.36. The smallest absolute Gasteiger partial charge is 0.270 e. The van der Waals surface area contributed by atoms with Crippen molar-refractivity contribution < 1.29 is 9.45 Å². The van der Waals surface area contributed by atoms with Gasteiger partial charge < -0.3 is 4.52 Å². The van der Waals surface area contributed by atoms with Crippen LogP contribution in [-0.2, 0) is 6.54 Å². The largest absolute Gasteiger partial charge is 0.338 e. The van der Waals surface area contributed by atoms with Crippen molar-refractivity contribution in [2.75, 3.05) is 0 Å². The first-order valence-corrected chi connectivity index (χ1v) is 10.5. The maximum atomic E-state index is 11.1. The van der Waals surface area contributed by atoms with E-state index < -0.39 is 4.92 Å². The fraction of sp³-hybridized carbons (Fsp3) is 0.0769. The molecule has 0 bridgehead atoms. The van der Waals surface area contributed by atoms with Gasteiger partial charge in [0, 0.05) is 17.7 Å². The Kier molecular flexibility index (Phi) is 5.61. The van der Waals surface area contributed by atoms with Gasteiger partial charge in [0.2, 0.25) is 11.7 Å². The van der Waals surface area contributed by atoms with Crippen molar-refractivity contribution in [1.82, 2.24) is 15.5 Å². The zero-order chi connectivity index (χ0) is 22.6. The molecule has 0 aliphatic carbocycles. The normalized spacial score (nSPS) is 12.0. The molecule has 1 unspecified atom stereocenters. The highest BCUT2D eigenvalue weighted by atomic mass is 16.6. The van der Waals surface area contributed by atoms with E-state index in [2.05, 4.69) is 57.9 Å². The summed E-state index contributed by atoms with van der Waals surface area (Å²) < 4.78 is 5.44. The Balaban J connectivity index is 1.44. The van der Waals surface area contributed by atoms with Crippen molar-refractivity contribution in [2.24, 2.45) is 0 Å². The van der Waals surface area contributed by atoms with Crippen LogP contribution in [0.25, 0.3) is 22.2 Å². The van der Waals surface area contributed by atoms with Crippen molar-refractivity contribution in [2.45, 2.75) is 12.6 Å². The molecular formula is C26H20N4O3. The highest BCUT2D eigenvalue weighted by Gasteiger charge is 2.18. The number of nitrogens with zero attached hydrogens (tertiary/aromatic N) is 3. The molecule has 1 N–H and O–H groups in total. The number of hydrogen-bond donors (Lipinski definition) is 1. The van der Waals surface area contributed by atoms with Crippen molar-refractivity contribution in [3.05, 3.63) is 124 Å². The SMILES string of the molecule is O=[N+]([O-])c1cccc(-c2noc(CNC(c3ccccc3)c3cccc4ccccc34)n2)c1. The van der Waals surface area contributed by atoms with Crippen LogP contribution in [0.4, 0.5) is 5.69 Å². The molecule has 0 spiro atoms. The van der Waals surface area contributed by atoms with Crippen LogP contribution in [0.15, 0.2) is 102 Å². The summed E-state index contributed by atoms with van der Waals surface area (Å²) in [5.41, 5.74) is 2.79. The fourth-order valence-corrected chi connectivity index (χ4v) is 3.95. The lowest BCUT2D eigenvalue weighted by Gasteiger charge is -2.21. The topological polar surface area (TPSA) is 94.1 Å². The predicted molar refractivity (Wildman–Crippen MR) is 125 cm³/mol. The Morgan fingerprint density at radius 2 is 1.67 bits per heavy atom. The molecule has 1 heterocycles. The van der Waals surface area contributed by atoms with E-state index in [0.717, 1.165) is 11.1 Å². The van der Waals surface area contributed by atoms with Gasteiger partial charge in [-0.25, -0.2) is 0 Å². The molecule has 0 aliphatic rings. The molecule has 0 fully saturated rings. The predicted octanol–water partition coefficient (Wildman–Crippen LogP) is 5.68. The van der Waals surface area contributed by atoms with Crippen molar-refractivity contribution in [3.8, 4) is 11.4 Å². The van der Waals surface area contributed by atoms with Crippen LogP contribution >= 0.6 is 0 Å². The Labute approximate surface area is 189 Å². The molecule has 7 nitrogen and oxygen atoms in total. The van der Waals surface area contributed by atoms with Crippen LogP contribution in [0.2, 0.25) is 0 Å². The number of nitro benzene ring substituents is 1. The number of nitro groups is 1. The summed E-state index contributed by atoms with van der Waals surface area (Å²) in [6.07, 6.45) is 0. The van der Waals surface area contributed by atoms with Gasteiger partial charge in [0.05, 0.1) is 17.5 Å². The third-order valence-corrected chi connectivity index (χ3v) is 5.51. The summed E-state index contributed by atoms with van der Waals surface area (Å²) in [4.78, 5) is 15.1. The number of nitrogens with one attached hydrogen (secondary N) is 1. The quantitative estimate of drug-likeness (QED) is 0.261. The molecule has 162 valence electrons. The summed E-state index contributed by atoms with van der Waals surface area (Å²) in [5, 5.41) is 21.0. The Bertz CT molecular complexity index is 1410. The highest BCUT2D eigenvalue weighted by molar-refractivity contribution is 5.86. The van der Waals surface area contributed by atoms with Crippen LogP contribution in [0.3, 0.4) is 0 Å². The summed E-state index contributed by atoms with van der Waals surface area (Å²) in [6.45, 7) is 0.338. The van der Waals surface area contributed by atoms with E-state index in [4.69, 9.17) is 4.52 Å². The first kappa shape index (κ1) is 20.5. The Morgan fingerprint density at radius 1 is 0.909 bits per heavy atom. The molecule has 5 aromatic rings. The number of fused-ring (bicyclic) bond motifs is 1. The van der Waals surface area contributed by atoms with Gasteiger partial charge in [-0.15, -0.1) is 0 Å². The van der Waals surface area contributed by atoms with Crippen molar-refractivity contribution >= 4 is 16.5 Å². The van der Waals surface area contributed by atoms with Gasteiger partial charge in [0.15, 0.2) is 0 Å². The zero-order valence-corrected chi connectivity index (χ0v) is 17.6. The van der Waals surface area contributed by atoms with Crippen molar-refractivity contribution in [3.63, 3.8) is 0 Å². The van der Waals surface area contributed by atoms with Crippen molar-refractivity contribution in [1.29, 1.82) is 0 Å². The molecule has 0 aliphatic heterocycles. The average molecular weight is 436 g/mol. The number of non-ortho nitro benzene ring substituents is 1. The van der Waals surface area contributed by atoms with Crippen LogP contribution in [0, 0.1) is 10.1 Å². The second kappa shape index (κ2) is 9.02. The van der Waals surface area contributed by atoms with E-state index in [1.165, 1.54) is 22.9 Å². The van der Waals surface area contributed by atoms with Gasteiger partial charge in [-0.1, -0.05) is 90.1 Å². The standard InChI is InChI=1S/C26H20N4O3/c31-30(32)21-13-6-12-20(16-21)26-28-24(33-29-26)17-27-25(19-9-2-1-3-10-19)23-15-7-11-18-8-4-5-14-22(18)23/h1-16,25,27H,17H2. The summed E-state index contributed by atoms with van der Waals surface area (Å²) in [5.74, 6) is 0.717. The number of benzene rings is 4. The van der Waals surface area contributed by atoms with E-state index in [9.17, 15) is 10.1 Å². The van der Waals surface area contributed by atoms with Gasteiger partial charge in [-0.05, 0) is 21.9 Å². The lowest BCUT2D eigenvalue weighted by Crippen LogP contribution is -2.22. The molecule has 7 heteroatoms. The maximum absolute atomic E-state index is 11.1. The monoisotopic (exact) mass is 436 g/mol. The lowest BCUT2D eigenvalue weighted by molar-refractivity contribution is -0.384. The lowest BCUT2D eigenvalue weighted by atomic mass is 9.93. The highest BCUT2D eigenvalue weighted by Crippen LogP contribution is 2.29. The zero-order valence-electron chi connectivity index (χ0n) is 17.6. The number of hydrogen-bond acceptors (Lipinski definition) is 6. The molecule has 1 aromatic heterocycles. The first-order valence-electron chi connectivity index (χ1n) is 10.5. The molecule has 5 rings (SSSR count). The minimum atomic E-state index is -0.444. The van der Waals surface area contributed by atoms with Crippen LogP contribution in [0.5, 0.6) is 0 Å². The third-order valence-electron chi connectivity index (χ3n) is 5.51. The molecule has 0 amide bonds. The van der Waals surface area contributed by atoms with Gasteiger partial charge >= 0.3 is 0 Å². The molecule has 0 saturated carbocycles. The van der Waals surface area contributed by atoms with Crippen LogP contribution in [0.1, 0.15) is 23.1 Å². The minimum Gasteiger partial charge on any atom is -0.338 e. The third kappa shape index (κ3) is 4.35. The molecule has 4 aromatic carbocycles. The minimum absolute atomic E-state index is 0.0166. The number of aromatic nitrogens is 2. The average Bonchev–Trinajstić information content (AvgIpc) is 3.34. The second-order valence-electron chi connectivity index (χ2n) is 7.61. The van der Waals surface area contributed by atoms with Crippen LogP contribution < -0.4 is 5.32 Å². The van der Waals surface area contributed by atoms with Gasteiger partial charge in [-0.3, -0.25) is 15.4 Å². The molecular weight excluding hydrogens is 416 g/mol. The summed E-state index contributed by atoms with van der Waals surface area (Å²) in [7, 11) is 0. The van der Waals surface area contributed by atoms with E-state index >= 15 is 0 Å². The summed E-state index contributed by atoms with van der Waals surface area (Å²) in [6, 6.07) is 30.9. The van der Waals surface area contributed by atoms with E-state index in [-0.39, 0.29) is 11.7 Å². The fourth-order valence-electron chi connectivity index (χ4n) is 3.95. The van der Waals surface area contributed by atoms with Gasteiger partial charge in [-0.2, -0.15) is 4.98 Å². The summed E-state index contributed by atoms with van der Waals surface area (Å²) >= 11 is 0. The van der Waals surface area contributed by atoms with Crippen LogP contribution in [-0.4, -0.2) is 15.1 Å². The molecule has 33 heavy (non-hydrogen) atoms. The van der Waals surface area contributed by atoms with E-state index in [0.29, 0.717) is 23.8 Å². The van der Waals surface area contributed by atoms with Gasteiger partial charge in [0.1, 0.15) is 0 Å². The first-order chi connectivity index (χ1) is 16.2. The van der Waals surface area contributed by atoms with Gasteiger partial charge in [0.25, 0.3) is 5.69 Å². The Morgan fingerprint density at radius 3 is 2.52 bits per heavy atom. The van der Waals surface area contributed by atoms with E-state index in [1.54, 1.807) is 12.1 Å². The molecule has 1 atom stereocenters. The number of rotatable bonds is 7.